The highest BCUT2D eigenvalue weighted by Gasteiger charge is 2.29. The third kappa shape index (κ3) is 4.60. The Morgan fingerprint density at radius 2 is 2.29 bits per heavy atom. The van der Waals surface area contributed by atoms with Gasteiger partial charge in [-0.2, -0.15) is 0 Å². The fourth-order valence-electron chi connectivity index (χ4n) is 3.01. The molecule has 0 amide bonds. The fourth-order valence-corrected chi connectivity index (χ4v) is 3.20. The first kappa shape index (κ1) is 16.6. The van der Waals surface area contributed by atoms with Crippen LogP contribution in [0.25, 0.3) is 0 Å². The summed E-state index contributed by atoms with van der Waals surface area (Å²) in [5, 5.41) is 4.43. The Morgan fingerprint density at radius 3 is 2.90 bits per heavy atom. The predicted molar refractivity (Wildman–Crippen MR) is 87.3 cm³/mol. The van der Waals surface area contributed by atoms with Gasteiger partial charge in [-0.25, -0.2) is 0 Å². The zero-order chi connectivity index (χ0) is 15.2. The minimum absolute atomic E-state index is 0.363. The maximum Gasteiger partial charge on any atom is 0.122 e. The molecule has 3 nitrogen and oxygen atoms in total. The second kappa shape index (κ2) is 8.02. The maximum absolute atomic E-state index is 6.14. The van der Waals surface area contributed by atoms with Crippen molar-refractivity contribution in [3.05, 3.63) is 28.8 Å². The molecule has 3 unspecified atom stereocenters. The van der Waals surface area contributed by atoms with E-state index < -0.39 is 0 Å². The normalized spacial score (nSPS) is 23.2. The van der Waals surface area contributed by atoms with Gasteiger partial charge in [0.25, 0.3) is 0 Å². The molecule has 0 aliphatic carbocycles. The number of methoxy groups -OCH3 is 1. The summed E-state index contributed by atoms with van der Waals surface area (Å²) in [7, 11) is 1.71. The molecule has 0 radical (unpaired) electrons. The van der Waals surface area contributed by atoms with Gasteiger partial charge >= 0.3 is 0 Å². The smallest absolute Gasteiger partial charge is 0.122 e. The van der Waals surface area contributed by atoms with E-state index in [1.165, 1.54) is 0 Å². The monoisotopic (exact) mass is 311 g/mol. The molecule has 1 aromatic rings. The molecule has 1 aliphatic heterocycles. The second-order valence-electron chi connectivity index (χ2n) is 5.86. The Morgan fingerprint density at radius 1 is 1.48 bits per heavy atom. The van der Waals surface area contributed by atoms with E-state index in [4.69, 9.17) is 21.1 Å². The first-order valence-corrected chi connectivity index (χ1v) is 8.19. The lowest BCUT2D eigenvalue weighted by Crippen LogP contribution is -2.39. The van der Waals surface area contributed by atoms with Gasteiger partial charge in [-0.15, -0.1) is 0 Å². The summed E-state index contributed by atoms with van der Waals surface area (Å²) in [6, 6.07) is 6.24. The van der Waals surface area contributed by atoms with Crippen molar-refractivity contribution in [3.63, 3.8) is 0 Å². The molecular formula is C17H26ClNO2. The number of nitrogens with one attached hydrogen (secondary N) is 1. The summed E-state index contributed by atoms with van der Waals surface area (Å²) >= 11 is 6.14. The summed E-state index contributed by atoms with van der Waals surface area (Å²) in [6.07, 6.45) is 3.53. The van der Waals surface area contributed by atoms with Crippen molar-refractivity contribution in [2.75, 3.05) is 20.3 Å². The fraction of sp³-hybridized carbons (Fsp3) is 0.647. The van der Waals surface area contributed by atoms with E-state index in [1.807, 2.05) is 18.2 Å². The van der Waals surface area contributed by atoms with E-state index in [2.05, 4.69) is 19.2 Å². The summed E-state index contributed by atoms with van der Waals surface area (Å²) in [4.78, 5) is 0. The second-order valence-corrected chi connectivity index (χ2v) is 6.30. The van der Waals surface area contributed by atoms with Gasteiger partial charge in [0.05, 0.1) is 19.8 Å². The van der Waals surface area contributed by atoms with Crippen molar-refractivity contribution in [2.24, 2.45) is 5.92 Å². The molecule has 0 saturated carbocycles. The molecule has 118 valence electrons. The highest BCUT2D eigenvalue weighted by Crippen LogP contribution is 2.29. The van der Waals surface area contributed by atoms with Crippen LogP contribution >= 0.6 is 11.6 Å². The first-order chi connectivity index (χ1) is 10.1. The average Bonchev–Trinajstić information content (AvgIpc) is 2.90. The number of rotatable bonds is 7. The minimum Gasteiger partial charge on any atom is -0.496 e. The van der Waals surface area contributed by atoms with Crippen LogP contribution in [-0.4, -0.2) is 32.4 Å². The number of hydrogen-bond acceptors (Lipinski definition) is 3. The predicted octanol–water partition coefficient (Wildman–Crippen LogP) is 3.68. The van der Waals surface area contributed by atoms with Crippen LogP contribution in [0.4, 0.5) is 0 Å². The van der Waals surface area contributed by atoms with Gasteiger partial charge in [0.1, 0.15) is 5.75 Å². The molecule has 1 aliphatic rings. The van der Waals surface area contributed by atoms with Gasteiger partial charge in [0.2, 0.25) is 0 Å². The van der Waals surface area contributed by atoms with Crippen LogP contribution in [0.1, 0.15) is 32.3 Å². The Bertz CT molecular complexity index is 452. The van der Waals surface area contributed by atoms with Crippen molar-refractivity contribution in [3.8, 4) is 5.75 Å². The molecule has 3 atom stereocenters. The zero-order valence-electron chi connectivity index (χ0n) is 13.2. The van der Waals surface area contributed by atoms with Crippen LogP contribution < -0.4 is 10.1 Å². The standard InChI is InChI=1S/C17H26ClNO2/c1-4-7-19-16(14-8-12(2)21-11-14)10-13-9-15(18)5-6-17(13)20-3/h5-6,9,12,14,16,19H,4,7-8,10-11H2,1-3H3. The summed E-state index contributed by atoms with van der Waals surface area (Å²) in [6.45, 7) is 6.21. The molecule has 0 aromatic heterocycles. The Kier molecular flexibility index (Phi) is 6.34. The number of benzene rings is 1. The first-order valence-electron chi connectivity index (χ1n) is 7.81. The van der Waals surface area contributed by atoms with Gasteiger partial charge in [0.15, 0.2) is 0 Å². The highest BCUT2D eigenvalue weighted by molar-refractivity contribution is 6.30. The number of halogens is 1. The molecule has 0 spiro atoms. The van der Waals surface area contributed by atoms with E-state index in [0.717, 1.165) is 48.7 Å². The lowest BCUT2D eigenvalue weighted by atomic mass is 9.91. The molecule has 1 heterocycles. The molecule has 21 heavy (non-hydrogen) atoms. The molecule has 2 rings (SSSR count). The average molecular weight is 312 g/mol. The number of hydrogen-bond donors (Lipinski definition) is 1. The molecule has 1 N–H and O–H groups in total. The van der Waals surface area contributed by atoms with Crippen LogP contribution in [0, 0.1) is 5.92 Å². The Hall–Kier alpha value is -0.770. The van der Waals surface area contributed by atoms with E-state index >= 15 is 0 Å². The van der Waals surface area contributed by atoms with Crippen molar-refractivity contribution >= 4 is 11.6 Å². The van der Waals surface area contributed by atoms with Crippen molar-refractivity contribution < 1.29 is 9.47 Å². The van der Waals surface area contributed by atoms with Gasteiger partial charge in [0, 0.05) is 17.0 Å². The maximum atomic E-state index is 6.14. The minimum atomic E-state index is 0.363. The van der Waals surface area contributed by atoms with E-state index in [9.17, 15) is 0 Å². The molecule has 1 fully saturated rings. The van der Waals surface area contributed by atoms with Crippen LogP contribution in [0.15, 0.2) is 18.2 Å². The van der Waals surface area contributed by atoms with Crippen LogP contribution in [0.3, 0.4) is 0 Å². The van der Waals surface area contributed by atoms with Crippen molar-refractivity contribution in [1.82, 2.24) is 5.32 Å². The van der Waals surface area contributed by atoms with E-state index in [-0.39, 0.29) is 0 Å². The Balaban J connectivity index is 2.12. The highest BCUT2D eigenvalue weighted by atomic mass is 35.5. The molecule has 0 bridgehead atoms. The third-order valence-corrected chi connectivity index (χ3v) is 4.37. The van der Waals surface area contributed by atoms with Gasteiger partial charge in [-0.1, -0.05) is 18.5 Å². The quantitative estimate of drug-likeness (QED) is 0.833. The summed E-state index contributed by atoms with van der Waals surface area (Å²) in [5.41, 5.74) is 1.16. The molecule has 4 heteroatoms. The van der Waals surface area contributed by atoms with Crippen molar-refractivity contribution in [1.29, 1.82) is 0 Å². The largest absolute Gasteiger partial charge is 0.496 e. The number of ether oxygens (including phenoxy) is 2. The summed E-state index contributed by atoms with van der Waals surface area (Å²) < 4.78 is 11.2. The zero-order valence-corrected chi connectivity index (χ0v) is 14.0. The summed E-state index contributed by atoms with van der Waals surface area (Å²) in [5.74, 6) is 1.46. The van der Waals surface area contributed by atoms with Gasteiger partial charge < -0.3 is 14.8 Å². The lowest BCUT2D eigenvalue weighted by Gasteiger charge is -2.25. The SMILES string of the molecule is CCCNC(Cc1cc(Cl)ccc1OC)C1COC(C)C1. The van der Waals surface area contributed by atoms with Crippen LogP contribution in [0.5, 0.6) is 5.75 Å². The molecule has 1 saturated heterocycles. The van der Waals surface area contributed by atoms with Crippen LogP contribution in [-0.2, 0) is 11.2 Å². The van der Waals surface area contributed by atoms with Gasteiger partial charge in [-0.3, -0.25) is 0 Å². The third-order valence-electron chi connectivity index (χ3n) is 4.14. The Labute approximate surface area is 133 Å². The topological polar surface area (TPSA) is 30.5 Å². The molecular weight excluding hydrogens is 286 g/mol. The lowest BCUT2D eigenvalue weighted by molar-refractivity contribution is 0.117. The van der Waals surface area contributed by atoms with E-state index in [0.29, 0.717) is 18.1 Å². The van der Waals surface area contributed by atoms with Crippen LogP contribution in [0.2, 0.25) is 5.02 Å². The van der Waals surface area contributed by atoms with E-state index in [1.54, 1.807) is 7.11 Å². The van der Waals surface area contributed by atoms with Gasteiger partial charge in [-0.05, 0) is 56.5 Å². The molecule has 1 aromatic carbocycles. The van der Waals surface area contributed by atoms with Crippen molar-refractivity contribution in [2.45, 2.75) is 45.3 Å².